The van der Waals surface area contributed by atoms with E-state index in [0.717, 1.165) is 32.0 Å². The molecule has 0 bridgehead atoms. The Balaban J connectivity index is 1.76. The van der Waals surface area contributed by atoms with E-state index in [1.165, 1.54) is 5.69 Å². The molecule has 2 heterocycles. The third-order valence-corrected chi connectivity index (χ3v) is 3.15. The van der Waals surface area contributed by atoms with E-state index in [1.54, 1.807) is 0 Å². The molecule has 2 N–H and O–H groups in total. The van der Waals surface area contributed by atoms with Crippen LogP contribution in [0.25, 0.3) is 0 Å². The summed E-state index contributed by atoms with van der Waals surface area (Å²) in [4.78, 5) is 2.33. The van der Waals surface area contributed by atoms with Crippen molar-refractivity contribution >= 4 is 11.4 Å². The molecule has 3 nitrogen and oxygen atoms in total. The molecule has 0 aliphatic carbocycles. The topological polar surface area (TPSA) is 38.5 Å². The largest absolute Gasteiger partial charge is 0.397 e. The van der Waals surface area contributed by atoms with Crippen molar-refractivity contribution in [1.29, 1.82) is 0 Å². The van der Waals surface area contributed by atoms with E-state index in [1.807, 2.05) is 18.2 Å². The van der Waals surface area contributed by atoms with Gasteiger partial charge in [0.1, 0.15) is 0 Å². The lowest BCUT2D eigenvalue weighted by molar-refractivity contribution is -0.126. The summed E-state index contributed by atoms with van der Waals surface area (Å²) in [5, 5.41) is 0. The average Bonchev–Trinajstić information content (AvgIpc) is 2.03. The number of rotatable bonds is 1. The fourth-order valence-electron chi connectivity index (χ4n) is 2.28. The number of benzene rings is 1. The van der Waals surface area contributed by atoms with Crippen LogP contribution in [0.1, 0.15) is 0 Å². The summed E-state index contributed by atoms with van der Waals surface area (Å²) in [5.74, 6) is 0. The summed E-state index contributed by atoms with van der Waals surface area (Å²) in [6.45, 7) is 4.05. The molecule has 0 saturated carbocycles. The van der Waals surface area contributed by atoms with Gasteiger partial charge in [-0.25, -0.2) is 0 Å². The fourth-order valence-corrected chi connectivity index (χ4v) is 2.28. The summed E-state index contributed by atoms with van der Waals surface area (Å²) in [7, 11) is 0. The van der Waals surface area contributed by atoms with Gasteiger partial charge in [-0.15, -0.1) is 0 Å². The Kier molecular flexibility index (Phi) is 1.53. The van der Waals surface area contributed by atoms with Gasteiger partial charge in [-0.1, -0.05) is 12.1 Å². The van der Waals surface area contributed by atoms with E-state index >= 15 is 0 Å². The second kappa shape index (κ2) is 2.64. The Morgan fingerprint density at radius 1 is 1.21 bits per heavy atom. The third-order valence-electron chi connectivity index (χ3n) is 3.15. The van der Waals surface area contributed by atoms with Gasteiger partial charge in [-0.05, 0) is 12.1 Å². The molecule has 14 heavy (non-hydrogen) atoms. The zero-order valence-corrected chi connectivity index (χ0v) is 8.07. The summed E-state index contributed by atoms with van der Waals surface area (Å²) >= 11 is 0. The number of ether oxygens (including phenoxy) is 1. The molecule has 1 spiro atoms. The Labute approximate surface area is 83.5 Å². The Morgan fingerprint density at radius 2 is 1.93 bits per heavy atom. The third kappa shape index (κ3) is 1.02. The molecule has 2 aliphatic heterocycles. The first-order chi connectivity index (χ1) is 6.79. The lowest BCUT2D eigenvalue weighted by Crippen LogP contribution is -2.66. The van der Waals surface area contributed by atoms with Crippen LogP contribution in [0.15, 0.2) is 24.3 Å². The standard InChI is InChI=1S/C11H14N2O/c12-9-3-1-2-4-10(9)13-5-11(6-13)7-14-8-11/h1-4H,5-8,12H2. The van der Waals surface area contributed by atoms with Crippen LogP contribution in [-0.4, -0.2) is 26.3 Å². The molecule has 0 amide bonds. The number of nitrogen functional groups attached to an aromatic ring is 1. The second-order valence-corrected chi connectivity index (χ2v) is 4.41. The Morgan fingerprint density at radius 3 is 2.50 bits per heavy atom. The number of nitrogens with zero attached hydrogens (tertiary/aromatic N) is 1. The molecule has 0 aromatic heterocycles. The maximum atomic E-state index is 5.91. The zero-order valence-electron chi connectivity index (χ0n) is 8.07. The van der Waals surface area contributed by atoms with Crippen LogP contribution in [0.4, 0.5) is 11.4 Å². The van der Waals surface area contributed by atoms with Gasteiger partial charge in [-0.3, -0.25) is 0 Å². The van der Waals surface area contributed by atoms with Crippen LogP contribution in [-0.2, 0) is 4.74 Å². The highest BCUT2D eigenvalue weighted by Gasteiger charge is 2.49. The number of anilines is 2. The molecule has 1 aromatic rings. The van der Waals surface area contributed by atoms with Crippen molar-refractivity contribution in [2.45, 2.75) is 0 Å². The lowest BCUT2D eigenvalue weighted by Gasteiger charge is -2.56. The predicted molar refractivity (Wildman–Crippen MR) is 56.3 cm³/mol. The Hall–Kier alpha value is -1.22. The van der Waals surface area contributed by atoms with Gasteiger partial charge < -0.3 is 15.4 Å². The van der Waals surface area contributed by atoms with E-state index in [2.05, 4.69) is 11.0 Å². The predicted octanol–water partition coefficient (Wildman–Crippen LogP) is 1.11. The average molecular weight is 190 g/mol. The van der Waals surface area contributed by atoms with Gasteiger partial charge in [0.15, 0.2) is 0 Å². The minimum atomic E-state index is 0.461. The molecule has 1 aromatic carbocycles. The SMILES string of the molecule is Nc1ccccc1N1CC2(COC2)C1. The van der Waals surface area contributed by atoms with Crippen molar-refractivity contribution in [2.75, 3.05) is 36.9 Å². The number of para-hydroxylation sites is 2. The summed E-state index contributed by atoms with van der Waals surface area (Å²) in [5.41, 5.74) is 8.42. The first kappa shape index (κ1) is 8.12. The molecular formula is C11H14N2O. The van der Waals surface area contributed by atoms with E-state index in [4.69, 9.17) is 10.5 Å². The van der Waals surface area contributed by atoms with Crippen LogP contribution >= 0.6 is 0 Å². The molecule has 2 aliphatic rings. The summed E-state index contributed by atoms with van der Waals surface area (Å²) in [6.07, 6.45) is 0. The van der Waals surface area contributed by atoms with Crippen molar-refractivity contribution < 1.29 is 4.74 Å². The number of hydrogen-bond acceptors (Lipinski definition) is 3. The molecule has 74 valence electrons. The minimum absolute atomic E-state index is 0.461. The van der Waals surface area contributed by atoms with Crippen LogP contribution in [0.3, 0.4) is 0 Å². The summed E-state index contributed by atoms with van der Waals surface area (Å²) in [6, 6.07) is 8.05. The number of nitrogens with two attached hydrogens (primary N) is 1. The van der Waals surface area contributed by atoms with Gasteiger partial charge in [0.05, 0.1) is 30.0 Å². The van der Waals surface area contributed by atoms with E-state index in [-0.39, 0.29) is 0 Å². The van der Waals surface area contributed by atoms with Gasteiger partial charge in [-0.2, -0.15) is 0 Å². The van der Waals surface area contributed by atoms with E-state index < -0.39 is 0 Å². The fraction of sp³-hybridized carbons (Fsp3) is 0.455. The van der Waals surface area contributed by atoms with Crippen molar-refractivity contribution in [3.63, 3.8) is 0 Å². The monoisotopic (exact) mass is 190 g/mol. The molecule has 2 saturated heterocycles. The van der Waals surface area contributed by atoms with Crippen molar-refractivity contribution in [3.8, 4) is 0 Å². The molecule has 0 unspecified atom stereocenters. The van der Waals surface area contributed by atoms with Crippen LogP contribution in [0.2, 0.25) is 0 Å². The lowest BCUT2D eigenvalue weighted by atomic mass is 9.77. The molecule has 0 atom stereocenters. The van der Waals surface area contributed by atoms with E-state index in [0.29, 0.717) is 5.41 Å². The van der Waals surface area contributed by atoms with Crippen LogP contribution in [0.5, 0.6) is 0 Å². The van der Waals surface area contributed by atoms with Crippen LogP contribution in [0, 0.1) is 5.41 Å². The summed E-state index contributed by atoms with van der Waals surface area (Å²) < 4.78 is 5.24. The molecule has 2 fully saturated rings. The Bertz CT molecular complexity index is 352. The molecule has 0 radical (unpaired) electrons. The highest BCUT2D eigenvalue weighted by Crippen LogP contribution is 2.41. The molecule has 3 heteroatoms. The maximum Gasteiger partial charge on any atom is 0.0600 e. The molecule has 3 rings (SSSR count). The first-order valence-corrected chi connectivity index (χ1v) is 4.96. The minimum Gasteiger partial charge on any atom is -0.397 e. The zero-order chi connectivity index (χ0) is 9.60. The highest BCUT2D eigenvalue weighted by atomic mass is 16.5. The quantitative estimate of drug-likeness (QED) is 0.674. The van der Waals surface area contributed by atoms with Gasteiger partial charge in [0.2, 0.25) is 0 Å². The maximum absolute atomic E-state index is 5.91. The highest BCUT2D eigenvalue weighted by molar-refractivity contribution is 5.68. The second-order valence-electron chi connectivity index (χ2n) is 4.41. The molecular weight excluding hydrogens is 176 g/mol. The van der Waals surface area contributed by atoms with E-state index in [9.17, 15) is 0 Å². The van der Waals surface area contributed by atoms with Gasteiger partial charge >= 0.3 is 0 Å². The normalized spacial score (nSPS) is 23.0. The smallest absolute Gasteiger partial charge is 0.0600 e. The van der Waals surface area contributed by atoms with Crippen LogP contribution < -0.4 is 10.6 Å². The van der Waals surface area contributed by atoms with Gasteiger partial charge in [0, 0.05) is 13.1 Å². The van der Waals surface area contributed by atoms with Gasteiger partial charge in [0.25, 0.3) is 0 Å². The number of hydrogen-bond donors (Lipinski definition) is 1. The van der Waals surface area contributed by atoms with Crippen molar-refractivity contribution in [3.05, 3.63) is 24.3 Å². The first-order valence-electron chi connectivity index (χ1n) is 4.96. The van der Waals surface area contributed by atoms with Crippen molar-refractivity contribution in [2.24, 2.45) is 5.41 Å². The van der Waals surface area contributed by atoms with Crippen molar-refractivity contribution in [1.82, 2.24) is 0 Å².